The van der Waals surface area contributed by atoms with Crippen molar-refractivity contribution in [2.24, 2.45) is 5.92 Å². The molecule has 6 nitrogen and oxygen atoms in total. The molecule has 0 spiro atoms. The van der Waals surface area contributed by atoms with Gasteiger partial charge in [-0.05, 0) is 30.5 Å². The van der Waals surface area contributed by atoms with Gasteiger partial charge in [0.2, 0.25) is 10.0 Å². The topological polar surface area (TPSA) is 83.9 Å². The van der Waals surface area contributed by atoms with E-state index in [0.29, 0.717) is 26.0 Å². The number of hydrogen-bond donors (Lipinski definition) is 1. The van der Waals surface area contributed by atoms with E-state index in [0.717, 1.165) is 5.56 Å². The number of hydrogen-bond acceptors (Lipinski definition) is 4. The quantitative estimate of drug-likeness (QED) is 0.886. The van der Waals surface area contributed by atoms with E-state index in [1.807, 2.05) is 0 Å². The number of aliphatic carboxylic acids is 1. The van der Waals surface area contributed by atoms with Gasteiger partial charge in [0, 0.05) is 20.2 Å². The van der Waals surface area contributed by atoms with Gasteiger partial charge in [-0.1, -0.05) is 12.1 Å². The summed E-state index contributed by atoms with van der Waals surface area (Å²) in [5.74, 6) is -1.56. The fraction of sp³-hybridized carbons (Fsp3) is 0.500. The third-order valence-corrected chi connectivity index (χ3v) is 5.48. The van der Waals surface area contributed by atoms with Crippen LogP contribution in [0.1, 0.15) is 18.4 Å². The van der Waals surface area contributed by atoms with Crippen LogP contribution in [0.15, 0.2) is 29.2 Å². The van der Waals surface area contributed by atoms with E-state index in [-0.39, 0.29) is 11.4 Å². The second-order valence-electron chi connectivity index (χ2n) is 5.12. The molecule has 21 heavy (non-hydrogen) atoms. The van der Waals surface area contributed by atoms with Gasteiger partial charge in [-0.3, -0.25) is 4.79 Å². The highest BCUT2D eigenvalue weighted by Crippen LogP contribution is 2.24. The Morgan fingerprint density at radius 1 is 1.38 bits per heavy atom. The molecule has 1 aliphatic heterocycles. The molecule has 1 aliphatic rings. The maximum atomic E-state index is 12.5. The van der Waals surface area contributed by atoms with Crippen LogP contribution in [-0.4, -0.2) is 44.0 Å². The van der Waals surface area contributed by atoms with Gasteiger partial charge >= 0.3 is 5.97 Å². The number of sulfonamides is 1. The number of piperidine rings is 1. The van der Waals surface area contributed by atoms with Crippen molar-refractivity contribution in [3.63, 3.8) is 0 Å². The standard InChI is InChI=1S/C14H19NO5S/c1-20-10-11-4-6-13(7-5-11)21(18,19)15-8-2-3-12(9-15)14(16)17/h4-7,12H,2-3,8-10H2,1H3,(H,16,17). The first-order chi connectivity index (χ1) is 9.95. The largest absolute Gasteiger partial charge is 0.481 e. The third kappa shape index (κ3) is 3.61. The Morgan fingerprint density at radius 3 is 2.62 bits per heavy atom. The zero-order valence-corrected chi connectivity index (χ0v) is 12.7. The summed E-state index contributed by atoms with van der Waals surface area (Å²) in [5, 5.41) is 9.05. The zero-order valence-electron chi connectivity index (χ0n) is 11.9. The molecule has 116 valence electrons. The Kier molecular flexibility index (Phi) is 4.97. The summed E-state index contributed by atoms with van der Waals surface area (Å²) in [4.78, 5) is 11.2. The molecular formula is C14H19NO5S. The highest BCUT2D eigenvalue weighted by molar-refractivity contribution is 7.89. The first-order valence-electron chi connectivity index (χ1n) is 6.76. The molecule has 1 heterocycles. The minimum absolute atomic E-state index is 0.0392. The number of carboxylic acids is 1. The van der Waals surface area contributed by atoms with Crippen LogP contribution in [0.25, 0.3) is 0 Å². The van der Waals surface area contributed by atoms with E-state index in [1.54, 1.807) is 19.2 Å². The fourth-order valence-electron chi connectivity index (χ4n) is 2.44. The van der Waals surface area contributed by atoms with Crippen LogP contribution < -0.4 is 0 Å². The van der Waals surface area contributed by atoms with E-state index < -0.39 is 21.9 Å². The number of carboxylic acid groups (broad SMARTS) is 1. The van der Waals surface area contributed by atoms with Crippen molar-refractivity contribution >= 4 is 16.0 Å². The van der Waals surface area contributed by atoms with Crippen molar-refractivity contribution in [1.82, 2.24) is 4.31 Å². The van der Waals surface area contributed by atoms with Crippen LogP contribution in [0.4, 0.5) is 0 Å². The molecule has 1 atom stereocenters. The van der Waals surface area contributed by atoms with Gasteiger partial charge in [0.25, 0.3) is 0 Å². The summed E-state index contributed by atoms with van der Waals surface area (Å²) >= 11 is 0. The lowest BCUT2D eigenvalue weighted by Gasteiger charge is -2.29. The molecule has 0 radical (unpaired) electrons. The minimum atomic E-state index is -3.63. The molecule has 0 amide bonds. The second kappa shape index (κ2) is 6.55. The summed E-state index contributed by atoms with van der Waals surface area (Å²) in [6, 6.07) is 6.48. The molecule has 0 aliphatic carbocycles. The monoisotopic (exact) mass is 313 g/mol. The van der Waals surface area contributed by atoms with E-state index >= 15 is 0 Å². The second-order valence-corrected chi connectivity index (χ2v) is 7.06. The predicted molar refractivity (Wildman–Crippen MR) is 76.3 cm³/mol. The number of ether oxygens (including phenoxy) is 1. The molecule has 1 unspecified atom stereocenters. The summed E-state index contributed by atoms with van der Waals surface area (Å²) in [6.07, 6.45) is 1.09. The van der Waals surface area contributed by atoms with Gasteiger partial charge in [0.15, 0.2) is 0 Å². The Morgan fingerprint density at radius 2 is 2.05 bits per heavy atom. The molecule has 0 aromatic heterocycles. The maximum Gasteiger partial charge on any atom is 0.307 e. The SMILES string of the molecule is COCc1ccc(S(=O)(=O)N2CCCC(C(=O)O)C2)cc1. The smallest absolute Gasteiger partial charge is 0.307 e. The third-order valence-electron chi connectivity index (χ3n) is 3.61. The van der Waals surface area contributed by atoms with E-state index in [4.69, 9.17) is 9.84 Å². The van der Waals surface area contributed by atoms with Crippen molar-refractivity contribution < 1.29 is 23.1 Å². The molecule has 0 bridgehead atoms. The Bertz CT molecular complexity index is 596. The summed E-state index contributed by atoms with van der Waals surface area (Å²) in [5.41, 5.74) is 0.888. The number of rotatable bonds is 5. The predicted octanol–water partition coefficient (Wildman–Crippen LogP) is 1.32. The van der Waals surface area contributed by atoms with Gasteiger partial charge in [-0.25, -0.2) is 8.42 Å². The highest BCUT2D eigenvalue weighted by atomic mass is 32.2. The van der Waals surface area contributed by atoms with Crippen molar-refractivity contribution in [2.45, 2.75) is 24.3 Å². The molecule has 1 aromatic rings. The lowest BCUT2D eigenvalue weighted by atomic mass is 10.0. The van der Waals surface area contributed by atoms with Crippen molar-refractivity contribution in [1.29, 1.82) is 0 Å². The van der Waals surface area contributed by atoms with Crippen LogP contribution in [0, 0.1) is 5.92 Å². The normalized spacial score (nSPS) is 20.3. The average molecular weight is 313 g/mol. The van der Waals surface area contributed by atoms with E-state index in [2.05, 4.69) is 0 Å². The van der Waals surface area contributed by atoms with Gasteiger partial charge < -0.3 is 9.84 Å². The van der Waals surface area contributed by atoms with Crippen molar-refractivity contribution in [3.8, 4) is 0 Å². The molecule has 1 fully saturated rings. The van der Waals surface area contributed by atoms with Crippen LogP contribution in [0.2, 0.25) is 0 Å². The van der Waals surface area contributed by atoms with Crippen molar-refractivity contribution in [3.05, 3.63) is 29.8 Å². The van der Waals surface area contributed by atoms with Gasteiger partial charge in [0.05, 0.1) is 17.4 Å². The average Bonchev–Trinajstić information content (AvgIpc) is 2.48. The summed E-state index contributed by atoms with van der Waals surface area (Å²) in [7, 11) is -2.06. The van der Waals surface area contributed by atoms with Crippen LogP contribution in [-0.2, 0) is 26.2 Å². The Balaban J connectivity index is 2.18. The van der Waals surface area contributed by atoms with E-state index in [1.165, 1.54) is 16.4 Å². The van der Waals surface area contributed by atoms with Gasteiger partial charge in [-0.15, -0.1) is 0 Å². The van der Waals surface area contributed by atoms with Crippen LogP contribution in [0.3, 0.4) is 0 Å². The molecular weight excluding hydrogens is 294 g/mol. The molecule has 7 heteroatoms. The molecule has 1 saturated heterocycles. The number of nitrogens with zero attached hydrogens (tertiary/aromatic N) is 1. The first kappa shape index (κ1) is 15.9. The van der Waals surface area contributed by atoms with E-state index in [9.17, 15) is 13.2 Å². The highest BCUT2D eigenvalue weighted by Gasteiger charge is 2.33. The van der Waals surface area contributed by atoms with Gasteiger partial charge in [-0.2, -0.15) is 4.31 Å². The number of carbonyl (C=O) groups is 1. The van der Waals surface area contributed by atoms with Crippen LogP contribution >= 0.6 is 0 Å². The maximum absolute atomic E-state index is 12.5. The minimum Gasteiger partial charge on any atom is -0.481 e. The lowest BCUT2D eigenvalue weighted by Crippen LogP contribution is -2.42. The fourth-order valence-corrected chi connectivity index (χ4v) is 3.96. The van der Waals surface area contributed by atoms with Crippen molar-refractivity contribution in [2.75, 3.05) is 20.2 Å². The molecule has 1 aromatic carbocycles. The lowest BCUT2D eigenvalue weighted by molar-refractivity contribution is -0.142. The zero-order chi connectivity index (χ0) is 15.5. The molecule has 2 rings (SSSR count). The van der Waals surface area contributed by atoms with Crippen LogP contribution in [0.5, 0.6) is 0 Å². The Labute approximate surface area is 124 Å². The van der Waals surface area contributed by atoms with Gasteiger partial charge in [0.1, 0.15) is 0 Å². The number of benzene rings is 1. The summed E-state index contributed by atoms with van der Waals surface area (Å²) < 4.78 is 31.3. The molecule has 0 saturated carbocycles. The first-order valence-corrected chi connectivity index (χ1v) is 8.20. The Hall–Kier alpha value is -1.44. The molecule has 1 N–H and O–H groups in total. The summed E-state index contributed by atoms with van der Waals surface area (Å²) in [6.45, 7) is 0.828. The number of methoxy groups -OCH3 is 1.